The fraction of sp³-hybridized carbons (Fsp3) is 0.286. The van der Waals surface area contributed by atoms with Crippen LogP contribution in [0.3, 0.4) is 0 Å². The van der Waals surface area contributed by atoms with Gasteiger partial charge in [-0.2, -0.15) is 0 Å². The van der Waals surface area contributed by atoms with E-state index in [4.69, 9.17) is 11.6 Å². The van der Waals surface area contributed by atoms with Gasteiger partial charge < -0.3 is 0 Å². The first kappa shape index (κ1) is 9.10. The molecule has 4 heteroatoms. The summed E-state index contributed by atoms with van der Waals surface area (Å²) in [6.07, 6.45) is 0. The maximum absolute atomic E-state index is 10.6. The summed E-state index contributed by atoms with van der Waals surface area (Å²) in [5.41, 5.74) is 0. The minimum absolute atomic E-state index is 0.194. The van der Waals surface area contributed by atoms with Gasteiger partial charge in [-0.05, 0) is 19.1 Å². The van der Waals surface area contributed by atoms with E-state index in [0.29, 0.717) is 5.75 Å². The summed E-state index contributed by atoms with van der Waals surface area (Å²) in [7, 11) is 0. The van der Waals surface area contributed by atoms with E-state index < -0.39 is 0 Å². The van der Waals surface area contributed by atoms with E-state index in [0.717, 1.165) is 8.55 Å². The lowest BCUT2D eigenvalue weighted by atomic mass is 10.5. The Morgan fingerprint density at radius 1 is 1.73 bits per heavy atom. The highest BCUT2D eigenvalue weighted by molar-refractivity contribution is 8.01. The van der Waals surface area contributed by atoms with E-state index in [1.807, 2.05) is 12.1 Å². The molecule has 1 heterocycles. The summed E-state index contributed by atoms with van der Waals surface area (Å²) < 4.78 is 1.88. The van der Waals surface area contributed by atoms with Crippen LogP contribution in [0.2, 0.25) is 4.34 Å². The predicted octanol–water partition coefficient (Wildman–Crippen LogP) is 3.08. The fourth-order valence-electron chi connectivity index (χ4n) is 0.548. The van der Waals surface area contributed by atoms with Crippen molar-refractivity contribution in [1.29, 1.82) is 0 Å². The smallest absolute Gasteiger partial charge is 0.140 e. The molecule has 0 atom stereocenters. The molecule has 0 N–H and O–H groups in total. The van der Waals surface area contributed by atoms with Gasteiger partial charge in [0, 0.05) is 0 Å². The van der Waals surface area contributed by atoms with Gasteiger partial charge in [-0.25, -0.2) is 0 Å². The van der Waals surface area contributed by atoms with Crippen molar-refractivity contribution in [1.82, 2.24) is 0 Å². The van der Waals surface area contributed by atoms with Gasteiger partial charge in [0.05, 0.1) is 14.3 Å². The fourth-order valence-corrected chi connectivity index (χ4v) is 2.65. The maximum Gasteiger partial charge on any atom is 0.140 e. The van der Waals surface area contributed by atoms with Crippen LogP contribution in [0, 0.1) is 0 Å². The lowest BCUT2D eigenvalue weighted by Crippen LogP contribution is -1.91. The first-order chi connectivity index (χ1) is 5.18. The monoisotopic (exact) mass is 206 g/mol. The molecule has 0 fully saturated rings. The van der Waals surface area contributed by atoms with Gasteiger partial charge in [-0.3, -0.25) is 4.79 Å². The van der Waals surface area contributed by atoms with Crippen LogP contribution in [-0.2, 0) is 4.79 Å². The van der Waals surface area contributed by atoms with Crippen LogP contribution in [0.1, 0.15) is 6.92 Å². The minimum atomic E-state index is 0.194. The Kier molecular flexibility index (Phi) is 3.43. The molecule has 1 aromatic heterocycles. The molecule has 0 aliphatic carbocycles. The molecule has 0 saturated heterocycles. The molecule has 0 bridgehead atoms. The van der Waals surface area contributed by atoms with Gasteiger partial charge in [0.2, 0.25) is 0 Å². The highest BCUT2D eigenvalue weighted by Crippen LogP contribution is 2.29. The molecule has 1 rings (SSSR count). The summed E-state index contributed by atoms with van der Waals surface area (Å²) in [5.74, 6) is 0.733. The first-order valence-electron chi connectivity index (χ1n) is 3.06. The van der Waals surface area contributed by atoms with Crippen LogP contribution in [0.5, 0.6) is 0 Å². The molecular formula is C7H7ClOS2. The number of carbonyl (C=O) groups is 1. The minimum Gasteiger partial charge on any atom is -0.299 e. The van der Waals surface area contributed by atoms with E-state index >= 15 is 0 Å². The zero-order valence-corrected chi connectivity index (χ0v) is 8.35. The van der Waals surface area contributed by atoms with Crippen LogP contribution < -0.4 is 0 Å². The molecule has 0 saturated carbocycles. The van der Waals surface area contributed by atoms with Gasteiger partial charge >= 0.3 is 0 Å². The van der Waals surface area contributed by atoms with E-state index in [1.54, 1.807) is 6.92 Å². The van der Waals surface area contributed by atoms with Crippen molar-refractivity contribution in [3.8, 4) is 0 Å². The standard InChI is InChI=1S/C7H7ClOS2/c1-5(9)4-10-7-3-2-6(8)11-7/h2-3H,4H2,1H3. The first-order valence-corrected chi connectivity index (χ1v) is 5.24. The van der Waals surface area contributed by atoms with Gasteiger partial charge in [-0.15, -0.1) is 23.1 Å². The van der Waals surface area contributed by atoms with Crippen LogP contribution in [-0.4, -0.2) is 11.5 Å². The molecule has 11 heavy (non-hydrogen) atoms. The van der Waals surface area contributed by atoms with Crippen molar-refractivity contribution in [3.05, 3.63) is 16.5 Å². The molecule has 0 unspecified atom stereocenters. The number of thiophene rings is 1. The Morgan fingerprint density at radius 3 is 2.91 bits per heavy atom. The number of thioether (sulfide) groups is 1. The van der Waals surface area contributed by atoms with Crippen molar-refractivity contribution < 1.29 is 4.79 Å². The van der Waals surface area contributed by atoms with Gasteiger partial charge in [0.25, 0.3) is 0 Å². The van der Waals surface area contributed by atoms with Crippen LogP contribution in [0.4, 0.5) is 0 Å². The Morgan fingerprint density at radius 2 is 2.45 bits per heavy atom. The third-order valence-corrected chi connectivity index (χ3v) is 3.57. The Labute approximate surface area is 78.8 Å². The third kappa shape index (κ3) is 3.27. The van der Waals surface area contributed by atoms with Crippen molar-refractivity contribution in [2.75, 3.05) is 5.75 Å². The van der Waals surface area contributed by atoms with E-state index in [1.165, 1.54) is 23.1 Å². The Bertz CT molecular complexity index is 257. The Balaban J connectivity index is 2.45. The number of ketones is 1. The molecule has 0 aliphatic rings. The van der Waals surface area contributed by atoms with E-state index in [-0.39, 0.29) is 5.78 Å². The number of rotatable bonds is 3. The number of halogens is 1. The number of hydrogen-bond donors (Lipinski definition) is 0. The number of hydrogen-bond acceptors (Lipinski definition) is 3. The molecule has 0 amide bonds. The van der Waals surface area contributed by atoms with E-state index in [9.17, 15) is 4.79 Å². The van der Waals surface area contributed by atoms with Gasteiger partial charge in [0.1, 0.15) is 5.78 Å². The SMILES string of the molecule is CC(=O)CSc1ccc(Cl)s1. The van der Waals surface area contributed by atoms with Crippen LogP contribution >= 0.6 is 34.7 Å². The largest absolute Gasteiger partial charge is 0.299 e. The third-order valence-electron chi connectivity index (χ3n) is 0.966. The highest BCUT2D eigenvalue weighted by atomic mass is 35.5. The Hall–Kier alpha value is 0.01000. The molecule has 0 aromatic carbocycles. The topological polar surface area (TPSA) is 17.1 Å². The molecule has 1 nitrogen and oxygen atoms in total. The molecule has 0 aliphatic heterocycles. The van der Waals surface area contributed by atoms with E-state index in [2.05, 4.69) is 0 Å². The molecular weight excluding hydrogens is 200 g/mol. The average Bonchev–Trinajstić information content (AvgIpc) is 2.31. The molecule has 0 radical (unpaired) electrons. The van der Waals surface area contributed by atoms with Crippen molar-refractivity contribution in [2.24, 2.45) is 0 Å². The molecule has 1 aromatic rings. The lowest BCUT2D eigenvalue weighted by Gasteiger charge is -1.90. The van der Waals surface area contributed by atoms with Crippen LogP contribution in [0.15, 0.2) is 16.3 Å². The van der Waals surface area contributed by atoms with Crippen molar-refractivity contribution in [3.63, 3.8) is 0 Å². The summed E-state index contributed by atoms with van der Waals surface area (Å²) >= 11 is 8.74. The van der Waals surface area contributed by atoms with Gasteiger partial charge in [-0.1, -0.05) is 11.6 Å². The molecule has 0 spiro atoms. The lowest BCUT2D eigenvalue weighted by molar-refractivity contribution is -0.114. The second kappa shape index (κ2) is 4.14. The van der Waals surface area contributed by atoms with Gasteiger partial charge in [0.15, 0.2) is 0 Å². The molecule has 60 valence electrons. The van der Waals surface area contributed by atoms with Crippen molar-refractivity contribution in [2.45, 2.75) is 11.1 Å². The van der Waals surface area contributed by atoms with Crippen molar-refractivity contribution >= 4 is 40.5 Å². The summed E-state index contributed by atoms with van der Waals surface area (Å²) in [6.45, 7) is 1.59. The quantitative estimate of drug-likeness (QED) is 0.708. The summed E-state index contributed by atoms with van der Waals surface area (Å²) in [5, 5.41) is 0. The summed E-state index contributed by atoms with van der Waals surface area (Å²) in [4.78, 5) is 10.6. The second-order valence-corrected chi connectivity index (χ2v) is 5.04. The predicted molar refractivity (Wildman–Crippen MR) is 50.7 cm³/mol. The normalized spacial score (nSPS) is 10.0. The average molecular weight is 207 g/mol. The highest BCUT2D eigenvalue weighted by Gasteiger charge is 1.99. The number of carbonyl (C=O) groups excluding carboxylic acids is 1. The second-order valence-electron chi connectivity index (χ2n) is 2.05. The maximum atomic E-state index is 10.6. The number of Topliss-reactive ketones (excluding diaryl/α,β-unsaturated/α-hetero) is 1. The zero-order valence-electron chi connectivity index (χ0n) is 5.96. The summed E-state index contributed by atoms with van der Waals surface area (Å²) in [6, 6.07) is 3.77. The zero-order chi connectivity index (χ0) is 8.27. The van der Waals surface area contributed by atoms with Crippen LogP contribution in [0.25, 0.3) is 0 Å².